The lowest BCUT2D eigenvalue weighted by Gasteiger charge is -2.15. The van der Waals surface area contributed by atoms with Gasteiger partial charge < -0.3 is 14.2 Å². The summed E-state index contributed by atoms with van der Waals surface area (Å²) in [5.74, 6) is 1.01. The minimum atomic E-state index is -0.375. The number of benzene rings is 3. The summed E-state index contributed by atoms with van der Waals surface area (Å²) >= 11 is 0. The van der Waals surface area contributed by atoms with Crippen LogP contribution in [0.15, 0.2) is 84.9 Å². The third-order valence-corrected chi connectivity index (χ3v) is 4.48. The molecular weight excluding hydrogens is 376 g/mol. The second-order valence-electron chi connectivity index (χ2n) is 6.79. The number of allylic oxidation sites excluding steroid dienone is 1. The molecule has 0 aliphatic rings. The second kappa shape index (κ2) is 10.9. The van der Waals surface area contributed by atoms with Gasteiger partial charge in [0, 0.05) is 11.6 Å². The fourth-order valence-electron chi connectivity index (χ4n) is 2.95. The number of ether oxygens (including phenoxy) is 3. The van der Waals surface area contributed by atoms with Crippen molar-refractivity contribution in [2.75, 3.05) is 6.61 Å². The van der Waals surface area contributed by atoms with Crippen LogP contribution in [0.3, 0.4) is 0 Å². The Balaban J connectivity index is 1.81. The minimum absolute atomic E-state index is 0.334. The van der Waals surface area contributed by atoms with E-state index in [1.165, 1.54) is 6.08 Å². The number of hydrogen-bond acceptors (Lipinski definition) is 4. The predicted molar refractivity (Wildman–Crippen MR) is 118 cm³/mol. The largest absolute Gasteiger partial charge is 0.489 e. The average molecular weight is 402 g/mol. The molecular formula is C26H26O4. The molecule has 0 heterocycles. The molecule has 0 radical (unpaired) electrons. The SMILES string of the molecule is CCOC(=O)C=C(C)c1cc(OCc2ccccc2)ccc1OCc1ccccc1. The van der Waals surface area contributed by atoms with Gasteiger partial charge in [-0.15, -0.1) is 0 Å². The Labute approximate surface area is 177 Å². The van der Waals surface area contributed by atoms with Gasteiger partial charge in [0.1, 0.15) is 24.7 Å². The summed E-state index contributed by atoms with van der Waals surface area (Å²) in [6.45, 7) is 4.88. The molecule has 0 aliphatic carbocycles. The lowest BCUT2D eigenvalue weighted by atomic mass is 10.1. The first-order chi connectivity index (χ1) is 14.7. The van der Waals surface area contributed by atoms with Crippen LogP contribution >= 0.6 is 0 Å². The van der Waals surface area contributed by atoms with Crippen molar-refractivity contribution in [1.82, 2.24) is 0 Å². The standard InChI is InChI=1S/C26H26O4/c1-3-28-26(27)16-20(2)24-17-23(29-18-21-10-6-4-7-11-21)14-15-25(24)30-19-22-12-8-5-9-13-22/h4-17H,3,18-19H2,1-2H3. The van der Waals surface area contributed by atoms with E-state index in [1.54, 1.807) is 6.92 Å². The molecule has 4 nitrogen and oxygen atoms in total. The van der Waals surface area contributed by atoms with Crippen LogP contribution < -0.4 is 9.47 Å². The van der Waals surface area contributed by atoms with Crippen LogP contribution in [0.2, 0.25) is 0 Å². The van der Waals surface area contributed by atoms with E-state index >= 15 is 0 Å². The topological polar surface area (TPSA) is 44.8 Å². The van der Waals surface area contributed by atoms with Crippen molar-refractivity contribution < 1.29 is 19.0 Å². The zero-order chi connectivity index (χ0) is 21.2. The molecule has 0 atom stereocenters. The van der Waals surface area contributed by atoms with Gasteiger partial charge in [-0.1, -0.05) is 60.7 Å². The van der Waals surface area contributed by atoms with E-state index < -0.39 is 0 Å². The highest BCUT2D eigenvalue weighted by atomic mass is 16.5. The highest BCUT2D eigenvalue weighted by Gasteiger charge is 2.11. The van der Waals surface area contributed by atoms with Crippen molar-refractivity contribution in [3.63, 3.8) is 0 Å². The Bertz CT molecular complexity index is 978. The van der Waals surface area contributed by atoms with Gasteiger partial charge in [0.2, 0.25) is 0 Å². The van der Waals surface area contributed by atoms with Crippen molar-refractivity contribution in [2.24, 2.45) is 0 Å². The molecule has 0 unspecified atom stereocenters. The van der Waals surface area contributed by atoms with Crippen molar-refractivity contribution in [3.8, 4) is 11.5 Å². The van der Waals surface area contributed by atoms with E-state index in [9.17, 15) is 4.79 Å². The molecule has 0 N–H and O–H groups in total. The fourth-order valence-corrected chi connectivity index (χ4v) is 2.95. The zero-order valence-electron chi connectivity index (χ0n) is 17.3. The van der Waals surface area contributed by atoms with Gasteiger partial charge in [-0.25, -0.2) is 4.79 Å². The van der Waals surface area contributed by atoms with E-state index in [0.717, 1.165) is 22.3 Å². The van der Waals surface area contributed by atoms with Crippen molar-refractivity contribution >= 4 is 11.5 Å². The minimum Gasteiger partial charge on any atom is -0.489 e. The molecule has 0 saturated heterocycles. The fraction of sp³-hybridized carbons (Fsp3) is 0.192. The van der Waals surface area contributed by atoms with Crippen LogP contribution in [0, 0.1) is 0 Å². The quantitative estimate of drug-likeness (QED) is 0.335. The van der Waals surface area contributed by atoms with Gasteiger partial charge in [-0.2, -0.15) is 0 Å². The molecule has 0 aromatic heterocycles. The monoisotopic (exact) mass is 402 g/mol. The molecule has 0 aliphatic heterocycles. The highest BCUT2D eigenvalue weighted by molar-refractivity contribution is 5.91. The zero-order valence-corrected chi connectivity index (χ0v) is 17.3. The van der Waals surface area contributed by atoms with Gasteiger partial charge in [0.15, 0.2) is 0 Å². The molecule has 0 bridgehead atoms. The highest BCUT2D eigenvalue weighted by Crippen LogP contribution is 2.31. The van der Waals surface area contributed by atoms with Crippen LogP contribution in [-0.4, -0.2) is 12.6 Å². The molecule has 0 amide bonds. The first kappa shape index (κ1) is 21.2. The van der Waals surface area contributed by atoms with Crippen molar-refractivity contribution in [3.05, 3.63) is 102 Å². The van der Waals surface area contributed by atoms with Crippen LogP contribution in [-0.2, 0) is 22.7 Å². The molecule has 30 heavy (non-hydrogen) atoms. The van der Waals surface area contributed by atoms with E-state index in [0.29, 0.717) is 31.3 Å². The Morgan fingerprint density at radius 1 is 0.833 bits per heavy atom. The summed E-state index contributed by atoms with van der Waals surface area (Å²) in [6, 6.07) is 25.6. The Hall–Kier alpha value is -3.53. The van der Waals surface area contributed by atoms with E-state index in [1.807, 2.05) is 85.8 Å². The number of hydrogen-bond donors (Lipinski definition) is 0. The lowest BCUT2D eigenvalue weighted by molar-refractivity contribution is -0.137. The summed E-state index contributed by atoms with van der Waals surface area (Å²) in [5, 5.41) is 0. The van der Waals surface area contributed by atoms with Crippen molar-refractivity contribution in [2.45, 2.75) is 27.1 Å². The maximum Gasteiger partial charge on any atom is 0.331 e. The summed E-state index contributed by atoms with van der Waals surface area (Å²) in [7, 11) is 0. The first-order valence-corrected chi connectivity index (χ1v) is 9.98. The van der Waals surface area contributed by atoms with Crippen molar-refractivity contribution in [1.29, 1.82) is 0 Å². The number of esters is 1. The van der Waals surface area contributed by atoms with Gasteiger partial charge in [-0.05, 0) is 48.7 Å². The van der Waals surface area contributed by atoms with Crippen LogP contribution in [0.1, 0.15) is 30.5 Å². The molecule has 4 heteroatoms. The maximum absolute atomic E-state index is 11.9. The Morgan fingerprint density at radius 2 is 1.43 bits per heavy atom. The van der Waals surface area contributed by atoms with Gasteiger partial charge in [0.05, 0.1) is 6.61 Å². The molecule has 3 rings (SSSR count). The summed E-state index contributed by atoms with van der Waals surface area (Å²) < 4.78 is 17.1. The third kappa shape index (κ3) is 6.24. The van der Waals surface area contributed by atoms with E-state index in [4.69, 9.17) is 14.2 Å². The smallest absolute Gasteiger partial charge is 0.331 e. The number of carbonyl (C=O) groups excluding carboxylic acids is 1. The number of rotatable bonds is 9. The molecule has 3 aromatic rings. The summed E-state index contributed by atoms with van der Waals surface area (Å²) in [5.41, 5.74) is 3.70. The van der Waals surface area contributed by atoms with Crippen LogP contribution in [0.5, 0.6) is 11.5 Å². The summed E-state index contributed by atoms with van der Waals surface area (Å²) in [6.07, 6.45) is 1.48. The van der Waals surface area contributed by atoms with Gasteiger partial charge in [-0.3, -0.25) is 0 Å². The van der Waals surface area contributed by atoms with Crippen LogP contribution in [0.4, 0.5) is 0 Å². The van der Waals surface area contributed by atoms with Gasteiger partial charge >= 0.3 is 5.97 Å². The Morgan fingerprint density at radius 3 is 2.03 bits per heavy atom. The van der Waals surface area contributed by atoms with Crippen LogP contribution in [0.25, 0.3) is 5.57 Å². The molecule has 0 fully saturated rings. The maximum atomic E-state index is 11.9. The Kier molecular flexibility index (Phi) is 7.67. The van der Waals surface area contributed by atoms with E-state index in [-0.39, 0.29) is 5.97 Å². The normalized spacial score (nSPS) is 11.1. The average Bonchev–Trinajstić information content (AvgIpc) is 2.78. The van der Waals surface area contributed by atoms with Gasteiger partial charge in [0.25, 0.3) is 0 Å². The molecule has 0 saturated carbocycles. The lowest BCUT2D eigenvalue weighted by Crippen LogP contribution is -2.02. The molecule has 3 aromatic carbocycles. The third-order valence-electron chi connectivity index (χ3n) is 4.48. The van der Waals surface area contributed by atoms with E-state index in [2.05, 4.69) is 0 Å². The predicted octanol–water partition coefficient (Wildman–Crippen LogP) is 5.81. The second-order valence-corrected chi connectivity index (χ2v) is 6.79. The molecule has 0 spiro atoms. The first-order valence-electron chi connectivity index (χ1n) is 9.98. The summed E-state index contributed by atoms with van der Waals surface area (Å²) in [4.78, 5) is 11.9. The number of carbonyl (C=O) groups is 1. The molecule has 154 valence electrons.